The molecule has 2 rings (SSSR count). The van der Waals surface area contributed by atoms with Crippen LogP contribution in [0.5, 0.6) is 5.88 Å². The smallest absolute Gasteiger partial charge is 0.259 e. The van der Waals surface area contributed by atoms with Crippen LogP contribution >= 0.6 is 0 Å². The lowest BCUT2D eigenvalue weighted by Crippen LogP contribution is -2.18. The number of rotatable bonds is 3. The number of aromatic amines is 1. The summed E-state index contributed by atoms with van der Waals surface area (Å²) in [7, 11) is 0. The second-order valence-corrected chi connectivity index (χ2v) is 4.63. The molecule has 0 fully saturated rings. The molecule has 0 bridgehead atoms. The van der Waals surface area contributed by atoms with Crippen molar-refractivity contribution in [2.24, 2.45) is 0 Å². The number of aromatic hydroxyl groups is 1. The van der Waals surface area contributed by atoms with E-state index in [0.29, 0.717) is 5.82 Å². The fourth-order valence-corrected chi connectivity index (χ4v) is 1.86. The second kappa shape index (κ2) is 5.14. The van der Waals surface area contributed by atoms with E-state index < -0.39 is 0 Å². The van der Waals surface area contributed by atoms with Crippen molar-refractivity contribution in [2.45, 2.75) is 27.3 Å². The lowest BCUT2D eigenvalue weighted by molar-refractivity contribution is 0.442. The summed E-state index contributed by atoms with van der Waals surface area (Å²) >= 11 is 0. The molecule has 0 aliphatic heterocycles. The van der Waals surface area contributed by atoms with Crippen LogP contribution in [-0.4, -0.2) is 15.1 Å². The van der Waals surface area contributed by atoms with Crippen molar-refractivity contribution >= 4 is 5.69 Å². The van der Waals surface area contributed by atoms with Crippen LogP contribution in [0.15, 0.2) is 23.0 Å². The van der Waals surface area contributed by atoms with Crippen molar-refractivity contribution in [1.29, 1.82) is 0 Å². The fourth-order valence-electron chi connectivity index (χ4n) is 1.86. The predicted molar refractivity (Wildman–Crippen MR) is 74.5 cm³/mol. The minimum atomic E-state index is -0.317. The number of hydrogen-bond donors (Lipinski definition) is 3. The van der Waals surface area contributed by atoms with Crippen molar-refractivity contribution in [3.63, 3.8) is 0 Å². The molecule has 0 saturated carbocycles. The number of aryl methyl sites for hydroxylation is 3. The van der Waals surface area contributed by atoms with Gasteiger partial charge in [-0.1, -0.05) is 12.1 Å². The van der Waals surface area contributed by atoms with Crippen molar-refractivity contribution in [1.82, 2.24) is 9.97 Å². The quantitative estimate of drug-likeness (QED) is 0.788. The Kier molecular flexibility index (Phi) is 3.55. The zero-order valence-electron chi connectivity index (χ0n) is 11.2. The number of hydrogen-bond acceptors (Lipinski definition) is 4. The van der Waals surface area contributed by atoms with Crippen LogP contribution in [-0.2, 0) is 6.54 Å². The molecular weight excluding hydrogens is 242 g/mol. The van der Waals surface area contributed by atoms with Crippen LogP contribution < -0.4 is 10.9 Å². The van der Waals surface area contributed by atoms with Gasteiger partial charge in [-0.2, -0.15) is 0 Å². The summed E-state index contributed by atoms with van der Waals surface area (Å²) in [6.07, 6.45) is 0. The van der Waals surface area contributed by atoms with Gasteiger partial charge in [0.25, 0.3) is 5.56 Å². The van der Waals surface area contributed by atoms with Gasteiger partial charge < -0.3 is 15.4 Å². The summed E-state index contributed by atoms with van der Waals surface area (Å²) in [5.41, 5.74) is 3.09. The van der Waals surface area contributed by atoms with Gasteiger partial charge >= 0.3 is 0 Å². The molecule has 0 aliphatic carbocycles. The third-order valence-corrected chi connectivity index (χ3v) is 2.96. The molecule has 3 N–H and O–H groups in total. The molecule has 0 spiro atoms. The van der Waals surface area contributed by atoms with E-state index in [2.05, 4.69) is 15.3 Å². The topological polar surface area (TPSA) is 78.0 Å². The number of nitrogens with one attached hydrogen (secondary N) is 2. The monoisotopic (exact) mass is 259 g/mol. The SMILES string of the molecule is Cc1ccc(C)c(NCc2c(O)nc(C)[nH]c2=O)c1. The molecule has 0 unspecified atom stereocenters. The lowest BCUT2D eigenvalue weighted by atomic mass is 10.1. The largest absolute Gasteiger partial charge is 0.493 e. The standard InChI is InChI=1S/C14H17N3O2/c1-8-4-5-9(2)12(6-8)15-7-11-13(18)16-10(3)17-14(11)19/h4-6,15H,7H2,1-3H3,(H2,16,17,18,19). The van der Waals surface area contributed by atoms with E-state index >= 15 is 0 Å². The van der Waals surface area contributed by atoms with Crippen molar-refractivity contribution in [3.8, 4) is 5.88 Å². The number of benzene rings is 1. The Balaban J connectivity index is 2.24. The van der Waals surface area contributed by atoms with Crippen LogP contribution in [0.4, 0.5) is 5.69 Å². The number of anilines is 1. The van der Waals surface area contributed by atoms with Crippen molar-refractivity contribution in [3.05, 3.63) is 51.1 Å². The second-order valence-electron chi connectivity index (χ2n) is 4.63. The highest BCUT2D eigenvalue weighted by molar-refractivity contribution is 5.53. The van der Waals surface area contributed by atoms with Crippen molar-refractivity contribution in [2.75, 3.05) is 5.32 Å². The van der Waals surface area contributed by atoms with E-state index in [0.717, 1.165) is 16.8 Å². The Hall–Kier alpha value is -2.30. The van der Waals surface area contributed by atoms with Gasteiger partial charge in [0.05, 0.1) is 12.1 Å². The minimum Gasteiger partial charge on any atom is -0.493 e. The Morgan fingerprint density at radius 1 is 1.32 bits per heavy atom. The zero-order chi connectivity index (χ0) is 14.0. The van der Waals surface area contributed by atoms with E-state index in [1.165, 1.54) is 0 Å². The molecule has 5 nitrogen and oxygen atoms in total. The highest BCUT2D eigenvalue weighted by Gasteiger charge is 2.09. The molecule has 1 heterocycles. The molecule has 0 aliphatic rings. The summed E-state index contributed by atoms with van der Waals surface area (Å²) in [4.78, 5) is 18.2. The highest BCUT2D eigenvalue weighted by Crippen LogP contribution is 2.18. The molecule has 0 radical (unpaired) electrons. The maximum absolute atomic E-state index is 11.7. The summed E-state index contributed by atoms with van der Waals surface area (Å²) in [5, 5.41) is 12.9. The first kappa shape index (κ1) is 13.1. The van der Waals surface area contributed by atoms with Crippen LogP contribution in [0.2, 0.25) is 0 Å². The molecule has 1 aromatic heterocycles. The molecule has 19 heavy (non-hydrogen) atoms. The van der Waals surface area contributed by atoms with Gasteiger partial charge in [-0.3, -0.25) is 4.79 Å². The molecule has 0 saturated heterocycles. The van der Waals surface area contributed by atoms with Gasteiger partial charge in [-0.25, -0.2) is 4.98 Å². The minimum absolute atomic E-state index is 0.223. The first-order chi connectivity index (χ1) is 8.97. The van der Waals surface area contributed by atoms with Gasteiger partial charge in [0.2, 0.25) is 5.88 Å². The van der Waals surface area contributed by atoms with E-state index in [9.17, 15) is 9.90 Å². The van der Waals surface area contributed by atoms with Crippen LogP contribution in [0.3, 0.4) is 0 Å². The maximum Gasteiger partial charge on any atom is 0.259 e. The molecule has 1 aromatic carbocycles. The van der Waals surface area contributed by atoms with Crippen LogP contribution in [0.25, 0.3) is 0 Å². The van der Waals surface area contributed by atoms with E-state index in [1.807, 2.05) is 32.0 Å². The van der Waals surface area contributed by atoms with E-state index in [-0.39, 0.29) is 23.5 Å². The molecule has 0 atom stereocenters. The molecular formula is C14H17N3O2. The van der Waals surface area contributed by atoms with Gasteiger partial charge in [-0.05, 0) is 38.0 Å². The number of nitrogens with zero attached hydrogens (tertiary/aromatic N) is 1. The first-order valence-electron chi connectivity index (χ1n) is 6.07. The maximum atomic E-state index is 11.7. The molecule has 100 valence electrons. The molecule has 2 aromatic rings. The Bertz CT molecular complexity index is 662. The predicted octanol–water partition coefficient (Wildman–Crippen LogP) is 2.01. The summed E-state index contributed by atoms with van der Waals surface area (Å²) < 4.78 is 0. The van der Waals surface area contributed by atoms with Gasteiger partial charge in [-0.15, -0.1) is 0 Å². The lowest BCUT2D eigenvalue weighted by Gasteiger charge is -2.10. The Labute approximate surface area is 111 Å². The summed E-state index contributed by atoms with van der Waals surface area (Å²) in [6.45, 7) is 5.85. The first-order valence-corrected chi connectivity index (χ1v) is 6.07. The highest BCUT2D eigenvalue weighted by atomic mass is 16.3. The summed E-state index contributed by atoms with van der Waals surface area (Å²) in [6, 6.07) is 6.04. The Morgan fingerprint density at radius 2 is 2.05 bits per heavy atom. The molecule has 5 heteroatoms. The van der Waals surface area contributed by atoms with Gasteiger partial charge in [0, 0.05) is 5.69 Å². The van der Waals surface area contributed by atoms with Gasteiger partial charge in [0.15, 0.2) is 0 Å². The zero-order valence-corrected chi connectivity index (χ0v) is 11.2. The fraction of sp³-hybridized carbons (Fsp3) is 0.286. The normalized spacial score (nSPS) is 10.5. The van der Waals surface area contributed by atoms with Gasteiger partial charge in [0.1, 0.15) is 5.82 Å². The van der Waals surface area contributed by atoms with E-state index in [4.69, 9.17) is 0 Å². The third kappa shape index (κ3) is 2.93. The van der Waals surface area contributed by atoms with E-state index in [1.54, 1.807) is 6.92 Å². The number of H-pyrrole nitrogens is 1. The van der Waals surface area contributed by atoms with Crippen LogP contribution in [0.1, 0.15) is 22.5 Å². The summed E-state index contributed by atoms with van der Waals surface area (Å²) in [5.74, 6) is 0.178. The average molecular weight is 259 g/mol. The van der Waals surface area contributed by atoms with Crippen LogP contribution in [0, 0.1) is 20.8 Å². The third-order valence-electron chi connectivity index (χ3n) is 2.96. The Morgan fingerprint density at radius 3 is 2.74 bits per heavy atom. The molecule has 0 amide bonds. The van der Waals surface area contributed by atoms with Crippen molar-refractivity contribution < 1.29 is 5.11 Å². The number of aromatic nitrogens is 2. The average Bonchev–Trinajstić information content (AvgIpc) is 2.32.